The van der Waals surface area contributed by atoms with Crippen molar-refractivity contribution < 1.29 is 84.7 Å². The smallest absolute Gasteiger partial charge is 0.311 e. The number of hydrogen-bond acceptors (Lipinski definition) is 17. The van der Waals surface area contributed by atoms with Crippen LogP contribution in [0.4, 0.5) is 0 Å². The van der Waals surface area contributed by atoms with Crippen molar-refractivity contribution >= 4 is 11.9 Å². The van der Waals surface area contributed by atoms with E-state index in [1.807, 2.05) is 49.5 Å². The summed E-state index contributed by atoms with van der Waals surface area (Å²) in [6.45, 7) is 6.78. The third-order valence-corrected chi connectivity index (χ3v) is 12.2. The average molecular weight is 926 g/mol. The minimum absolute atomic E-state index is 0.138. The van der Waals surface area contributed by atoms with Gasteiger partial charge in [-0.3, -0.25) is 9.59 Å². The number of carbonyl (C=O) groups excluding carboxylic acids is 1. The Kier molecular flexibility index (Phi) is 23.8. The Morgan fingerprint density at radius 1 is 0.692 bits per heavy atom. The molecule has 3 rings (SSSR count). The van der Waals surface area contributed by atoms with Crippen LogP contribution in [-0.4, -0.2) is 166 Å². The van der Waals surface area contributed by atoms with E-state index < -0.39 is 141 Å². The number of allylic oxidation sites excluding steroid dienone is 10. The summed E-state index contributed by atoms with van der Waals surface area (Å²) in [5.74, 6) is -6.82. The van der Waals surface area contributed by atoms with E-state index in [1.165, 1.54) is 13.0 Å². The van der Waals surface area contributed by atoms with Crippen molar-refractivity contribution in [3.63, 3.8) is 0 Å². The zero-order valence-corrected chi connectivity index (χ0v) is 37.8. The van der Waals surface area contributed by atoms with Gasteiger partial charge in [-0.25, -0.2) is 0 Å². The number of carboxylic acid groups (broad SMARTS) is 1. The topological polar surface area (TPSA) is 320 Å². The number of esters is 1. The van der Waals surface area contributed by atoms with Crippen molar-refractivity contribution in [3.8, 4) is 0 Å². The van der Waals surface area contributed by atoms with Gasteiger partial charge in [0, 0.05) is 31.1 Å². The average Bonchev–Trinajstić information content (AvgIpc) is 3.21. The molecule has 19 atom stereocenters. The summed E-state index contributed by atoms with van der Waals surface area (Å²) < 4.78 is 23.2. The van der Waals surface area contributed by atoms with Crippen molar-refractivity contribution in [2.45, 2.75) is 189 Å². The molecular weight excluding hydrogens is 851 g/mol. The lowest BCUT2D eigenvalue weighted by molar-refractivity contribution is -0.310. The second-order valence-electron chi connectivity index (χ2n) is 17.8. The Bertz CT molecular complexity index is 1620. The number of nitrogens with two attached hydrogens (primary N) is 1. The number of aliphatic hydroxyl groups excluding tert-OH is 9. The predicted octanol–water partition coefficient (Wildman–Crippen LogP) is 0.936. The first-order valence-electron chi connectivity index (χ1n) is 22.6. The van der Waals surface area contributed by atoms with Crippen LogP contribution >= 0.6 is 0 Å². The van der Waals surface area contributed by atoms with Crippen molar-refractivity contribution in [1.82, 2.24) is 0 Å². The first-order valence-corrected chi connectivity index (χ1v) is 22.6. The number of rotatable bonds is 3. The van der Waals surface area contributed by atoms with Crippen molar-refractivity contribution in [2.24, 2.45) is 23.5 Å². The quantitative estimate of drug-likeness (QED) is 0.175. The number of aliphatic carboxylic acids is 1. The molecule has 3 heterocycles. The van der Waals surface area contributed by atoms with Crippen LogP contribution in [0.15, 0.2) is 72.9 Å². The SMILES string of the molecule is CC1OC(=O)C[C@@H](O)C[C@H](O)C[C@H](O)CC[C@@H](O)[C@@H](O)C[C@]2(O)C[C@H](O)[C@H](C(=O)O)[C@H](C[C@H](O[C@H]3O[C@H](C)[C@@H](O)[C@H](N)[C@@H]3O)/C=C/C=C/C=C/C=C\CC/C=C/C=C/[C@H](C)[C@@H](O)[C@H]1C)O2. The van der Waals surface area contributed by atoms with Crippen molar-refractivity contribution in [3.05, 3.63) is 72.9 Å². The maximum absolute atomic E-state index is 12.6. The highest BCUT2D eigenvalue weighted by Gasteiger charge is 2.51. The maximum Gasteiger partial charge on any atom is 0.311 e. The monoisotopic (exact) mass is 926 g/mol. The summed E-state index contributed by atoms with van der Waals surface area (Å²) in [5, 5.41) is 118. The Morgan fingerprint density at radius 2 is 1.28 bits per heavy atom. The molecule has 0 spiro atoms. The fraction of sp³-hybridized carbons (Fsp3) is 0.702. The summed E-state index contributed by atoms with van der Waals surface area (Å²) in [6.07, 6.45) is 2.28. The highest BCUT2D eigenvalue weighted by Crippen LogP contribution is 2.38. The Balaban J connectivity index is 1.84. The standard InChI is InChI=1S/C47H75NO17/c1-27-17-15-13-11-9-7-5-6-8-10-12-14-16-18-34(64-46-44(58)41(48)43(57)30(4)63-46)24-38-40(45(59)60)37(54)26-47(61,65-38)25-36(53)35(52)20-19-31(49)21-32(50)22-33(51)23-39(55)62-29(3)28(2)42(27)56/h5-6,8,10-18,27-38,40-44,46,49-54,56-58,61H,7,9,19-26,48H2,1-4H3,(H,59,60)/b6-5-,10-8+,13-11+,14-12+,17-15+,18-16+/t27-,28-,29?,30+,31+,32+,33-,34+,35+,36-,37-,38-,40-,41-,42+,43+,44-,46+,47+/m0/s1. The normalized spacial score (nSPS) is 45.2. The van der Waals surface area contributed by atoms with E-state index in [0.717, 1.165) is 12.8 Å². The number of carboxylic acids is 1. The molecule has 18 nitrogen and oxygen atoms in total. The minimum Gasteiger partial charge on any atom is -0.481 e. The van der Waals surface area contributed by atoms with Gasteiger partial charge < -0.3 is 80.9 Å². The van der Waals surface area contributed by atoms with Gasteiger partial charge >= 0.3 is 11.9 Å². The lowest BCUT2D eigenvalue weighted by atomic mass is 9.82. The second kappa shape index (κ2) is 27.6. The van der Waals surface area contributed by atoms with Crippen LogP contribution in [0.25, 0.3) is 0 Å². The molecule has 2 bridgehead atoms. The Hall–Kier alpha value is -3.18. The van der Waals surface area contributed by atoms with Crippen LogP contribution in [-0.2, 0) is 28.5 Å². The van der Waals surface area contributed by atoms with E-state index in [0.29, 0.717) is 0 Å². The van der Waals surface area contributed by atoms with Gasteiger partial charge in [0.1, 0.15) is 18.1 Å². The van der Waals surface area contributed by atoms with Gasteiger partial charge in [-0.1, -0.05) is 86.8 Å². The van der Waals surface area contributed by atoms with Crippen LogP contribution in [0.3, 0.4) is 0 Å². The molecule has 3 aliphatic heterocycles. The number of ether oxygens (including phenoxy) is 4. The van der Waals surface area contributed by atoms with Crippen LogP contribution in [0, 0.1) is 17.8 Å². The van der Waals surface area contributed by atoms with E-state index in [2.05, 4.69) is 0 Å². The lowest BCUT2D eigenvalue weighted by Crippen LogP contribution is -2.61. The van der Waals surface area contributed by atoms with Gasteiger partial charge in [-0.05, 0) is 52.4 Å². The van der Waals surface area contributed by atoms with Gasteiger partial charge in [0.2, 0.25) is 0 Å². The predicted molar refractivity (Wildman–Crippen MR) is 237 cm³/mol. The lowest BCUT2D eigenvalue weighted by Gasteiger charge is -2.45. The fourth-order valence-corrected chi connectivity index (χ4v) is 8.11. The molecule has 0 aromatic heterocycles. The molecule has 370 valence electrons. The zero-order valence-electron chi connectivity index (χ0n) is 37.8. The van der Waals surface area contributed by atoms with Gasteiger partial charge in [0.05, 0.1) is 79.6 Å². The number of cyclic esters (lactones) is 1. The number of carbonyl (C=O) groups is 2. The van der Waals surface area contributed by atoms with Crippen molar-refractivity contribution in [1.29, 1.82) is 0 Å². The molecule has 0 aromatic rings. The molecule has 18 heteroatoms. The Morgan fingerprint density at radius 3 is 1.94 bits per heavy atom. The summed E-state index contributed by atoms with van der Waals surface area (Å²) in [7, 11) is 0. The number of hydrogen-bond donors (Lipinski definition) is 12. The highest BCUT2D eigenvalue weighted by molar-refractivity contribution is 5.71. The molecule has 0 radical (unpaired) electrons. The van der Waals surface area contributed by atoms with Crippen LogP contribution < -0.4 is 5.73 Å². The molecule has 2 fully saturated rings. The molecule has 1 unspecified atom stereocenters. The summed E-state index contributed by atoms with van der Waals surface area (Å²) in [6, 6.07) is -1.14. The van der Waals surface area contributed by atoms with Gasteiger partial charge in [0.15, 0.2) is 12.1 Å². The van der Waals surface area contributed by atoms with Crippen LogP contribution in [0.1, 0.15) is 91.9 Å². The van der Waals surface area contributed by atoms with E-state index >= 15 is 0 Å². The molecule has 2 saturated heterocycles. The molecule has 13 N–H and O–H groups in total. The molecule has 3 aliphatic rings. The second-order valence-corrected chi connectivity index (χ2v) is 17.8. The van der Waals surface area contributed by atoms with E-state index in [9.17, 15) is 65.8 Å². The van der Waals surface area contributed by atoms with Gasteiger partial charge in [0.25, 0.3) is 0 Å². The third kappa shape index (κ3) is 18.8. The molecule has 65 heavy (non-hydrogen) atoms. The summed E-state index contributed by atoms with van der Waals surface area (Å²) >= 11 is 0. The number of aliphatic hydroxyl groups is 10. The zero-order chi connectivity index (χ0) is 48.4. The van der Waals surface area contributed by atoms with Crippen molar-refractivity contribution in [2.75, 3.05) is 0 Å². The van der Waals surface area contributed by atoms with E-state index in [4.69, 9.17) is 24.7 Å². The van der Waals surface area contributed by atoms with Crippen LogP contribution in [0.2, 0.25) is 0 Å². The first kappa shape index (κ1) is 56.1. The minimum atomic E-state index is -2.35. The number of fused-ring (bicyclic) bond motifs is 2. The molecular formula is C47H75NO17. The fourth-order valence-electron chi connectivity index (χ4n) is 8.11. The molecule has 0 saturated carbocycles. The summed E-state index contributed by atoms with van der Waals surface area (Å²) in [4.78, 5) is 25.1. The van der Waals surface area contributed by atoms with Crippen LogP contribution in [0.5, 0.6) is 0 Å². The van der Waals surface area contributed by atoms with E-state index in [1.54, 1.807) is 38.2 Å². The van der Waals surface area contributed by atoms with Gasteiger partial charge in [-0.2, -0.15) is 0 Å². The highest BCUT2D eigenvalue weighted by atomic mass is 16.7. The Labute approximate surface area is 381 Å². The van der Waals surface area contributed by atoms with Gasteiger partial charge in [-0.15, -0.1) is 0 Å². The molecule has 0 aliphatic carbocycles. The third-order valence-electron chi connectivity index (χ3n) is 12.2. The molecule has 0 amide bonds. The molecule has 0 aromatic carbocycles. The summed E-state index contributed by atoms with van der Waals surface area (Å²) in [5.41, 5.74) is 6.02. The first-order chi connectivity index (χ1) is 30.6. The largest absolute Gasteiger partial charge is 0.481 e. The van der Waals surface area contributed by atoms with E-state index in [-0.39, 0.29) is 38.0 Å². The maximum atomic E-state index is 12.6.